The molecule has 2 heterocycles. The number of nitrogens with one attached hydrogen (secondary N) is 1. The average molecular weight is 499 g/mol. The number of piperazine rings is 1. The third-order valence-electron chi connectivity index (χ3n) is 5.44. The fourth-order valence-electron chi connectivity index (χ4n) is 3.79. The summed E-state index contributed by atoms with van der Waals surface area (Å²) in [5.74, 6) is -2.49. The lowest BCUT2D eigenvalue weighted by Crippen LogP contribution is -2.47. The van der Waals surface area contributed by atoms with Crippen molar-refractivity contribution >= 4 is 40.8 Å². The van der Waals surface area contributed by atoms with E-state index >= 15 is 0 Å². The third-order valence-corrected chi connectivity index (χ3v) is 5.68. The van der Waals surface area contributed by atoms with Gasteiger partial charge in [0, 0.05) is 67.6 Å². The molecule has 184 valence electrons. The lowest BCUT2D eigenvalue weighted by Gasteiger charge is -2.30. The Balaban J connectivity index is 0.000000371. The maximum Gasteiger partial charge on any atom is 0.328 e. The summed E-state index contributed by atoms with van der Waals surface area (Å²) in [4.78, 5) is 40.9. The average Bonchev–Trinajstić information content (AvgIpc) is 2.98. The van der Waals surface area contributed by atoms with Gasteiger partial charge in [-0.05, 0) is 18.2 Å². The number of aliphatic imine (C=N–C) groups is 1. The number of benzene rings is 2. The van der Waals surface area contributed by atoms with Crippen molar-refractivity contribution in [2.75, 3.05) is 50.7 Å². The maximum atomic E-state index is 12.9. The molecule has 0 unspecified atom stereocenters. The van der Waals surface area contributed by atoms with Crippen molar-refractivity contribution in [3.05, 3.63) is 76.8 Å². The fraction of sp³-hybridized carbons (Fsp3) is 0.280. The third kappa shape index (κ3) is 7.74. The van der Waals surface area contributed by atoms with Crippen LogP contribution in [0.4, 0.5) is 5.69 Å². The van der Waals surface area contributed by atoms with Crippen molar-refractivity contribution in [3.63, 3.8) is 0 Å². The number of carbonyl (C=O) groups excluding carboxylic acids is 1. The van der Waals surface area contributed by atoms with Crippen LogP contribution in [0.2, 0.25) is 5.02 Å². The van der Waals surface area contributed by atoms with E-state index in [1.165, 1.54) is 0 Å². The Labute approximate surface area is 208 Å². The molecule has 2 aliphatic rings. The van der Waals surface area contributed by atoms with Crippen molar-refractivity contribution in [2.24, 2.45) is 4.99 Å². The molecule has 0 aliphatic carbocycles. The van der Waals surface area contributed by atoms with E-state index in [9.17, 15) is 14.4 Å². The molecule has 0 saturated carbocycles. The number of halogens is 1. The molecule has 0 radical (unpaired) electrons. The molecule has 35 heavy (non-hydrogen) atoms. The van der Waals surface area contributed by atoms with Crippen LogP contribution in [0.15, 0.2) is 65.7 Å². The van der Waals surface area contributed by atoms with E-state index in [0.29, 0.717) is 23.7 Å². The van der Waals surface area contributed by atoms with Gasteiger partial charge in [-0.2, -0.15) is 0 Å². The van der Waals surface area contributed by atoms with Gasteiger partial charge in [-0.3, -0.25) is 14.7 Å². The van der Waals surface area contributed by atoms with Crippen LogP contribution in [0.3, 0.4) is 0 Å². The van der Waals surface area contributed by atoms with Gasteiger partial charge in [-0.1, -0.05) is 41.9 Å². The number of carboxylic acid groups (broad SMARTS) is 2. The first kappa shape index (κ1) is 26.1. The number of aliphatic carboxylic acids is 2. The van der Waals surface area contributed by atoms with Gasteiger partial charge >= 0.3 is 11.9 Å². The minimum atomic E-state index is -1.26. The van der Waals surface area contributed by atoms with Crippen molar-refractivity contribution in [3.8, 4) is 0 Å². The Morgan fingerprint density at radius 1 is 1.00 bits per heavy atom. The number of benzodiazepines with no additional fused rings is 1. The van der Waals surface area contributed by atoms with Crippen LogP contribution < -0.4 is 10.2 Å². The molecule has 4 rings (SSSR count). The summed E-state index contributed by atoms with van der Waals surface area (Å²) in [6, 6.07) is 15.7. The number of hydrogen-bond donors (Lipinski definition) is 3. The summed E-state index contributed by atoms with van der Waals surface area (Å²) in [6.45, 7) is 5.70. The lowest BCUT2D eigenvalue weighted by atomic mass is 10.00. The minimum Gasteiger partial charge on any atom is -0.478 e. The molecule has 3 N–H and O–H groups in total. The van der Waals surface area contributed by atoms with Crippen LogP contribution >= 0.6 is 11.6 Å². The predicted octanol–water partition coefficient (Wildman–Crippen LogP) is 2.14. The van der Waals surface area contributed by atoms with Crippen molar-refractivity contribution in [1.82, 2.24) is 10.2 Å². The summed E-state index contributed by atoms with van der Waals surface area (Å²) in [6.07, 6.45) is 1.12. The Morgan fingerprint density at radius 3 is 2.29 bits per heavy atom. The zero-order valence-electron chi connectivity index (χ0n) is 19.1. The SMILES string of the molecule is O=C(O)/C=C\C(=O)O.O=C1CN=C(c2ccccc2)c2cc(Cl)ccc2N1CCN1CCNCC1. The molecular weight excluding hydrogens is 472 g/mol. The lowest BCUT2D eigenvalue weighted by molar-refractivity contribution is -0.134. The van der Waals surface area contributed by atoms with Crippen LogP contribution in [0.5, 0.6) is 0 Å². The predicted molar refractivity (Wildman–Crippen MR) is 134 cm³/mol. The zero-order valence-corrected chi connectivity index (χ0v) is 19.8. The monoisotopic (exact) mass is 498 g/mol. The largest absolute Gasteiger partial charge is 0.478 e. The first-order valence-corrected chi connectivity index (χ1v) is 11.5. The summed E-state index contributed by atoms with van der Waals surface area (Å²) in [7, 11) is 0. The molecule has 10 heteroatoms. The van der Waals surface area contributed by atoms with Gasteiger partial charge in [0.1, 0.15) is 6.54 Å². The van der Waals surface area contributed by atoms with Gasteiger partial charge in [0.25, 0.3) is 0 Å². The molecule has 2 aromatic rings. The molecule has 9 nitrogen and oxygen atoms in total. The van der Waals surface area contributed by atoms with Crippen molar-refractivity contribution < 1.29 is 24.6 Å². The Kier molecular flexibility index (Phi) is 9.54. The van der Waals surface area contributed by atoms with Crippen LogP contribution in [-0.2, 0) is 14.4 Å². The number of carboxylic acids is 2. The summed E-state index contributed by atoms with van der Waals surface area (Å²) in [5, 5.41) is 19.6. The van der Waals surface area contributed by atoms with Crippen LogP contribution in [0, 0.1) is 0 Å². The van der Waals surface area contributed by atoms with Crippen LogP contribution in [-0.4, -0.2) is 84.5 Å². The quantitative estimate of drug-likeness (QED) is 0.521. The van der Waals surface area contributed by atoms with E-state index in [0.717, 1.165) is 55.2 Å². The number of nitrogens with zero attached hydrogens (tertiary/aromatic N) is 3. The van der Waals surface area contributed by atoms with Crippen LogP contribution in [0.1, 0.15) is 11.1 Å². The van der Waals surface area contributed by atoms with E-state index in [4.69, 9.17) is 21.8 Å². The van der Waals surface area contributed by atoms with E-state index in [-0.39, 0.29) is 12.5 Å². The number of anilines is 1. The molecule has 1 saturated heterocycles. The minimum absolute atomic E-state index is 0.0274. The number of carbonyl (C=O) groups is 3. The standard InChI is InChI=1S/C21H23ClN4O.C4H4O4/c22-17-6-7-19-18(14-17)21(16-4-2-1-3-5-16)24-15-20(27)26(19)13-12-25-10-8-23-9-11-25;5-3(6)1-2-4(7)8/h1-7,14,23H,8-13,15H2;1-2H,(H,5,6)(H,7,8)/b;2-1-. The molecule has 0 spiro atoms. The highest BCUT2D eigenvalue weighted by atomic mass is 35.5. The highest BCUT2D eigenvalue weighted by Gasteiger charge is 2.26. The van der Waals surface area contributed by atoms with Gasteiger partial charge in [0.15, 0.2) is 0 Å². The Hall–Kier alpha value is -3.53. The zero-order chi connectivity index (χ0) is 25.2. The van der Waals surface area contributed by atoms with E-state index in [2.05, 4.69) is 15.2 Å². The van der Waals surface area contributed by atoms with Crippen molar-refractivity contribution in [1.29, 1.82) is 0 Å². The number of rotatable bonds is 6. The second kappa shape index (κ2) is 12.8. The molecular formula is C25H27ClN4O5. The highest BCUT2D eigenvalue weighted by molar-refractivity contribution is 6.32. The molecule has 0 bridgehead atoms. The Morgan fingerprint density at radius 2 is 1.66 bits per heavy atom. The number of hydrogen-bond acceptors (Lipinski definition) is 6. The summed E-state index contributed by atoms with van der Waals surface area (Å²) >= 11 is 6.29. The van der Waals surface area contributed by atoms with Gasteiger partial charge in [0.05, 0.1) is 11.4 Å². The molecule has 1 amide bonds. The first-order chi connectivity index (χ1) is 16.8. The van der Waals surface area contributed by atoms with Crippen LogP contribution in [0.25, 0.3) is 0 Å². The van der Waals surface area contributed by atoms with E-state index in [1.54, 1.807) is 0 Å². The molecule has 0 atom stereocenters. The molecule has 0 aromatic heterocycles. The second-order valence-electron chi connectivity index (χ2n) is 7.84. The Bertz CT molecular complexity index is 1100. The topological polar surface area (TPSA) is 123 Å². The van der Waals surface area contributed by atoms with Crippen molar-refractivity contribution in [2.45, 2.75) is 0 Å². The first-order valence-electron chi connectivity index (χ1n) is 11.1. The summed E-state index contributed by atoms with van der Waals surface area (Å²) in [5.41, 5.74) is 3.63. The van der Waals surface area contributed by atoms with Gasteiger partial charge in [-0.25, -0.2) is 9.59 Å². The smallest absolute Gasteiger partial charge is 0.328 e. The maximum absolute atomic E-state index is 12.9. The highest BCUT2D eigenvalue weighted by Crippen LogP contribution is 2.29. The molecule has 2 aromatic carbocycles. The van der Waals surface area contributed by atoms with E-state index < -0.39 is 11.9 Å². The van der Waals surface area contributed by atoms with Gasteiger partial charge in [0.2, 0.25) is 5.91 Å². The van der Waals surface area contributed by atoms with E-state index in [1.807, 2.05) is 53.4 Å². The van der Waals surface area contributed by atoms with Gasteiger partial charge < -0.3 is 20.4 Å². The number of amides is 1. The fourth-order valence-corrected chi connectivity index (χ4v) is 3.96. The normalized spacial score (nSPS) is 16.1. The molecule has 2 aliphatic heterocycles. The number of fused-ring (bicyclic) bond motifs is 1. The molecule has 1 fully saturated rings. The summed E-state index contributed by atoms with van der Waals surface area (Å²) < 4.78 is 0. The van der Waals surface area contributed by atoms with Gasteiger partial charge in [-0.15, -0.1) is 0 Å². The second-order valence-corrected chi connectivity index (χ2v) is 8.28.